The van der Waals surface area contributed by atoms with Crippen LogP contribution in [0.15, 0.2) is 42.5 Å². The van der Waals surface area contributed by atoms with Crippen molar-refractivity contribution >= 4 is 11.4 Å². The van der Waals surface area contributed by atoms with Gasteiger partial charge in [0.05, 0.1) is 4.92 Å². The van der Waals surface area contributed by atoms with Gasteiger partial charge in [-0.05, 0) is 30.7 Å². The quantitative estimate of drug-likeness (QED) is 0.510. The molecule has 0 heterocycles. The second-order valence-electron chi connectivity index (χ2n) is 3.90. The molecule has 2 rings (SSSR count). The fraction of sp³-hybridized carbons (Fsp3) is 0.0769. The fourth-order valence-electron chi connectivity index (χ4n) is 1.56. The molecule has 5 heteroatoms. The predicted molar refractivity (Wildman–Crippen MR) is 68.8 cm³/mol. The molecule has 0 unspecified atom stereocenters. The SMILES string of the molecule is Cc1ccc([N+](=O)[O-])c(Oc2cccc(N)c2)c1. The van der Waals surface area contributed by atoms with Crippen molar-refractivity contribution in [2.45, 2.75) is 6.92 Å². The van der Waals surface area contributed by atoms with E-state index in [9.17, 15) is 10.1 Å². The molecule has 5 nitrogen and oxygen atoms in total. The molecular weight excluding hydrogens is 232 g/mol. The van der Waals surface area contributed by atoms with E-state index in [1.807, 2.05) is 6.92 Å². The van der Waals surface area contributed by atoms with Crippen molar-refractivity contribution in [3.05, 3.63) is 58.1 Å². The van der Waals surface area contributed by atoms with Crippen molar-refractivity contribution in [2.75, 3.05) is 5.73 Å². The second kappa shape index (κ2) is 4.75. The molecule has 2 aromatic rings. The molecule has 0 fully saturated rings. The zero-order valence-corrected chi connectivity index (χ0v) is 9.79. The summed E-state index contributed by atoms with van der Waals surface area (Å²) < 4.78 is 5.51. The van der Waals surface area contributed by atoms with Gasteiger partial charge in [-0.15, -0.1) is 0 Å². The van der Waals surface area contributed by atoms with E-state index in [1.165, 1.54) is 6.07 Å². The Morgan fingerprint density at radius 1 is 1.22 bits per heavy atom. The van der Waals surface area contributed by atoms with Crippen LogP contribution in [0.5, 0.6) is 11.5 Å². The minimum Gasteiger partial charge on any atom is -0.450 e. The van der Waals surface area contributed by atoms with E-state index in [0.717, 1.165) is 5.56 Å². The smallest absolute Gasteiger partial charge is 0.311 e. The zero-order chi connectivity index (χ0) is 13.1. The third kappa shape index (κ3) is 2.57. The van der Waals surface area contributed by atoms with E-state index in [2.05, 4.69) is 0 Å². The lowest BCUT2D eigenvalue weighted by molar-refractivity contribution is -0.385. The molecule has 0 aliphatic heterocycles. The molecule has 0 bridgehead atoms. The van der Waals surface area contributed by atoms with Crippen LogP contribution in [0.3, 0.4) is 0 Å². The minimum absolute atomic E-state index is 0.0666. The number of nitrogens with two attached hydrogens (primary N) is 1. The van der Waals surface area contributed by atoms with Crippen LogP contribution in [-0.4, -0.2) is 4.92 Å². The summed E-state index contributed by atoms with van der Waals surface area (Å²) in [5, 5.41) is 10.9. The normalized spacial score (nSPS) is 10.1. The Morgan fingerprint density at radius 3 is 2.67 bits per heavy atom. The van der Waals surface area contributed by atoms with Crippen LogP contribution < -0.4 is 10.5 Å². The predicted octanol–water partition coefficient (Wildman–Crippen LogP) is 3.28. The molecule has 0 saturated carbocycles. The number of ether oxygens (including phenoxy) is 1. The van der Waals surface area contributed by atoms with E-state index in [0.29, 0.717) is 11.4 Å². The lowest BCUT2D eigenvalue weighted by atomic mass is 10.2. The van der Waals surface area contributed by atoms with Gasteiger partial charge < -0.3 is 10.5 Å². The second-order valence-corrected chi connectivity index (χ2v) is 3.90. The standard InChI is InChI=1S/C13H12N2O3/c1-9-5-6-12(15(16)17)13(7-9)18-11-4-2-3-10(14)8-11/h2-8H,14H2,1H3. The van der Waals surface area contributed by atoms with Crippen LogP contribution in [0.2, 0.25) is 0 Å². The number of hydrogen-bond donors (Lipinski definition) is 1. The highest BCUT2D eigenvalue weighted by atomic mass is 16.6. The number of nitrogen functional groups attached to an aromatic ring is 1. The molecule has 0 aromatic heterocycles. The zero-order valence-electron chi connectivity index (χ0n) is 9.79. The van der Waals surface area contributed by atoms with Gasteiger partial charge in [-0.2, -0.15) is 0 Å². The maximum absolute atomic E-state index is 10.9. The third-order valence-electron chi connectivity index (χ3n) is 2.40. The summed E-state index contributed by atoms with van der Waals surface area (Å²) in [6.07, 6.45) is 0. The maximum atomic E-state index is 10.9. The van der Waals surface area contributed by atoms with E-state index in [4.69, 9.17) is 10.5 Å². The summed E-state index contributed by atoms with van der Waals surface area (Å²) in [6.45, 7) is 1.84. The van der Waals surface area contributed by atoms with Crippen LogP contribution in [0, 0.1) is 17.0 Å². The highest BCUT2D eigenvalue weighted by Gasteiger charge is 2.15. The highest BCUT2D eigenvalue weighted by Crippen LogP contribution is 2.32. The Balaban J connectivity index is 2.39. The van der Waals surface area contributed by atoms with Gasteiger partial charge in [-0.1, -0.05) is 12.1 Å². The molecule has 0 radical (unpaired) electrons. The van der Waals surface area contributed by atoms with E-state index < -0.39 is 4.92 Å². The van der Waals surface area contributed by atoms with Crippen molar-refractivity contribution < 1.29 is 9.66 Å². The number of benzene rings is 2. The molecule has 0 spiro atoms. The molecule has 0 aliphatic rings. The summed E-state index contributed by atoms with van der Waals surface area (Å²) in [7, 11) is 0. The molecule has 92 valence electrons. The minimum atomic E-state index is -0.471. The van der Waals surface area contributed by atoms with E-state index in [1.54, 1.807) is 36.4 Å². The van der Waals surface area contributed by atoms with Crippen molar-refractivity contribution in [3.8, 4) is 11.5 Å². The summed E-state index contributed by atoms with van der Waals surface area (Å²) in [5.41, 5.74) is 6.99. The lowest BCUT2D eigenvalue weighted by Crippen LogP contribution is -1.94. The molecule has 0 atom stereocenters. The lowest BCUT2D eigenvalue weighted by Gasteiger charge is -2.07. The van der Waals surface area contributed by atoms with Crippen LogP contribution >= 0.6 is 0 Å². The number of aryl methyl sites for hydroxylation is 1. The van der Waals surface area contributed by atoms with Crippen molar-refractivity contribution in [3.63, 3.8) is 0 Å². The number of rotatable bonds is 3. The van der Waals surface area contributed by atoms with Crippen molar-refractivity contribution in [1.82, 2.24) is 0 Å². The first kappa shape index (κ1) is 11.9. The van der Waals surface area contributed by atoms with Gasteiger partial charge >= 0.3 is 5.69 Å². The van der Waals surface area contributed by atoms with E-state index in [-0.39, 0.29) is 11.4 Å². The molecule has 18 heavy (non-hydrogen) atoms. The molecule has 2 aromatic carbocycles. The highest BCUT2D eigenvalue weighted by molar-refractivity contribution is 5.52. The first-order valence-electron chi connectivity index (χ1n) is 5.35. The molecule has 0 amide bonds. The van der Waals surface area contributed by atoms with Gasteiger partial charge in [0, 0.05) is 17.8 Å². The first-order valence-corrected chi connectivity index (χ1v) is 5.35. The molecule has 2 N–H and O–H groups in total. The van der Waals surface area contributed by atoms with Crippen molar-refractivity contribution in [2.24, 2.45) is 0 Å². The Morgan fingerprint density at radius 2 is 2.00 bits per heavy atom. The summed E-state index contributed by atoms with van der Waals surface area (Å²) in [5.74, 6) is 0.689. The van der Waals surface area contributed by atoms with E-state index >= 15 is 0 Å². The molecular formula is C13H12N2O3. The first-order chi connectivity index (χ1) is 8.56. The number of nitrogens with zero attached hydrogens (tertiary/aromatic N) is 1. The number of nitro groups is 1. The van der Waals surface area contributed by atoms with Gasteiger partial charge in [0.1, 0.15) is 5.75 Å². The van der Waals surface area contributed by atoms with Gasteiger partial charge in [-0.25, -0.2) is 0 Å². The largest absolute Gasteiger partial charge is 0.450 e. The average molecular weight is 244 g/mol. The summed E-state index contributed by atoms with van der Waals surface area (Å²) in [4.78, 5) is 10.4. The third-order valence-corrected chi connectivity index (χ3v) is 2.40. The average Bonchev–Trinajstić information content (AvgIpc) is 2.28. The van der Waals surface area contributed by atoms with Gasteiger partial charge in [0.25, 0.3) is 0 Å². The Bertz CT molecular complexity index is 597. The van der Waals surface area contributed by atoms with Crippen LogP contribution in [0.25, 0.3) is 0 Å². The van der Waals surface area contributed by atoms with Gasteiger partial charge in [-0.3, -0.25) is 10.1 Å². The Labute approximate surface area is 104 Å². The van der Waals surface area contributed by atoms with Crippen LogP contribution in [0.4, 0.5) is 11.4 Å². The van der Waals surface area contributed by atoms with Crippen LogP contribution in [-0.2, 0) is 0 Å². The summed E-state index contributed by atoms with van der Waals surface area (Å²) >= 11 is 0. The number of hydrogen-bond acceptors (Lipinski definition) is 4. The maximum Gasteiger partial charge on any atom is 0.311 e. The fourth-order valence-corrected chi connectivity index (χ4v) is 1.56. The van der Waals surface area contributed by atoms with Gasteiger partial charge in [0.2, 0.25) is 5.75 Å². The summed E-state index contributed by atoms with van der Waals surface area (Å²) in [6, 6.07) is 11.5. The molecule has 0 aliphatic carbocycles. The van der Waals surface area contributed by atoms with Gasteiger partial charge in [0.15, 0.2) is 0 Å². The monoisotopic (exact) mass is 244 g/mol. The number of nitro benzene ring substituents is 1. The van der Waals surface area contributed by atoms with Crippen molar-refractivity contribution in [1.29, 1.82) is 0 Å². The number of anilines is 1. The Hall–Kier alpha value is -2.56. The topological polar surface area (TPSA) is 78.4 Å². The Kier molecular flexibility index (Phi) is 3.14. The van der Waals surface area contributed by atoms with Crippen LogP contribution in [0.1, 0.15) is 5.56 Å². The molecule has 0 saturated heterocycles.